The summed E-state index contributed by atoms with van der Waals surface area (Å²) in [5.74, 6) is 0.955. The fourth-order valence-electron chi connectivity index (χ4n) is 5.91. The summed E-state index contributed by atoms with van der Waals surface area (Å²) in [6.45, 7) is 3.67. The Kier molecular flexibility index (Phi) is 9.85. The van der Waals surface area contributed by atoms with Gasteiger partial charge in [-0.3, -0.25) is 0 Å². The van der Waals surface area contributed by atoms with E-state index in [2.05, 4.69) is 30.3 Å². The van der Waals surface area contributed by atoms with Crippen molar-refractivity contribution in [2.24, 2.45) is 5.41 Å². The Morgan fingerprint density at radius 3 is 2.47 bits per heavy atom. The second-order valence-corrected chi connectivity index (χ2v) is 17.4. The molecule has 1 aliphatic carbocycles. The number of aliphatic hydroxyl groups is 1. The number of sulfone groups is 1. The Balaban J connectivity index is 1.22. The van der Waals surface area contributed by atoms with E-state index < -0.39 is 15.4 Å². The Morgan fingerprint density at radius 2 is 1.72 bits per heavy atom. The molecule has 0 saturated heterocycles. The van der Waals surface area contributed by atoms with Crippen LogP contribution < -0.4 is 0 Å². The highest BCUT2D eigenvalue weighted by Gasteiger charge is 2.42. The van der Waals surface area contributed by atoms with Gasteiger partial charge in [0.05, 0.1) is 26.4 Å². The molecule has 47 heavy (non-hydrogen) atoms. The first-order valence-corrected chi connectivity index (χ1v) is 19.3. The molecule has 5 aromatic rings. The van der Waals surface area contributed by atoms with Gasteiger partial charge in [0.15, 0.2) is 0 Å². The van der Waals surface area contributed by atoms with Gasteiger partial charge in [-0.2, -0.15) is 11.8 Å². The second kappa shape index (κ2) is 13.9. The Labute approximate surface area is 285 Å². The number of fused-ring (bicyclic) bond motifs is 1. The lowest BCUT2D eigenvalue weighted by Gasteiger charge is -2.24. The first kappa shape index (κ1) is 33.3. The zero-order chi connectivity index (χ0) is 33.1. The molecule has 8 heteroatoms. The van der Waals surface area contributed by atoms with Crippen LogP contribution in [0.25, 0.3) is 22.4 Å². The third-order valence-electron chi connectivity index (χ3n) is 8.84. The fraction of sp³-hybridized carbons (Fsp3) is 0.282. The summed E-state index contributed by atoms with van der Waals surface area (Å²) in [5.41, 5.74) is 5.04. The van der Waals surface area contributed by atoms with E-state index in [4.69, 9.17) is 4.98 Å². The van der Waals surface area contributed by atoms with Gasteiger partial charge in [-0.25, -0.2) is 13.4 Å². The van der Waals surface area contributed by atoms with Crippen LogP contribution in [-0.2, 0) is 26.7 Å². The molecule has 1 fully saturated rings. The number of rotatable bonds is 14. The van der Waals surface area contributed by atoms with Crippen molar-refractivity contribution in [3.8, 4) is 0 Å². The predicted molar refractivity (Wildman–Crippen MR) is 194 cm³/mol. The minimum absolute atomic E-state index is 0.138. The summed E-state index contributed by atoms with van der Waals surface area (Å²) in [4.78, 5) is 16.4. The normalized spacial score (nSPS) is 15.2. The van der Waals surface area contributed by atoms with E-state index in [1.165, 1.54) is 16.9 Å². The quantitative estimate of drug-likeness (QED) is 0.118. The van der Waals surface area contributed by atoms with Crippen LogP contribution in [0.15, 0.2) is 106 Å². The molecular formula is C39H39NO4S3. The molecule has 2 aromatic heterocycles. The van der Waals surface area contributed by atoms with E-state index >= 15 is 0 Å². The topological polar surface area (TPSA) is 84.3 Å². The van der Waals surface area contributed by atoms with Gasteiger partial charge in [-0.15, -0.1) is 11.3 Å². The molecule has 0 radical (unpaired) electrons. The molecule has 1 unspecified atom stereocenters. The molecule has 0 bridgehead atoms. The molecule has 0 spiro atoms. The molecule has 2 heterocycles. The van der Waals surface area contributed by atoms with Crippen molar-refractivity contribution in [1.82, 2.24) is 4.98 Å². The summed E-state index contributed by atoms with van der Waals surface area (Å²) in [6, 6.07) is 30.7. The van der Waals surface area contributed by atoms with Crippen LogP contribution in [0, 0.1) is 5.41 Å². The smallest absolute Gasteiger partial charge is 0.216 e. The average molecular weight is 682 g/mol. The van der Waals surface area contributed by atoms with Crippen molar-refractivity contribution in [2.45, 2.75) is 65.9 Å². The SMILES string of the molecule is CC(C)(O)c1ccccc1CCC(SCC1(CC=O)CC1)c1cccc(C=Cc2ccc3sc(S(=O)(=O)c4ccccc4)cc3n2)c1. The summed E-state index contributed by atoms with van der Waals surface area (Å²) in [7, 11) is -3.60. The van der Waals surface area contributed by atoms with Crippen LogP contribution in [0.5, 0.6) is 0 Å². The third-order valence-corrected chi connectivity index (χ3v) is 13.9. The molecule has 1 aliphatic rings. The first-order chi connectivity index (χ1) is 22.6. The van der Waals surface area contributed by atoms with E-state index in [9.17, 15) is 18.3 Å². The highest BCUT2D eigenvalue weighted by atomic mass is 32.2. The molecule has 5 nitrogen and oxygen atoms in total. The molecule has 1 atom stereocenters. The van der Waals surface area contributed by atoms with Crippen molar-refractivity contribution < 1.29 is 18.3 Å². The number of aromatic nitrogens is 1. The first-order valence-electron chi connectivity index (χ1n) is 15.9. The molecule has 0 aliphatic heterocycles. The number of thiophene rings is 1. The van der Waals surface area contributed by atoms with Crippen molar-refractivity contribution in [1.29, 1.82) is 0 Å². The van der Waals surface area contributed by atoms with Gasteiger partial charge in [0.1, 0.15) is 10.5 Å². The molecule has 3 aromatic carbocycles. The summed E-state index contributed by atoms with van der Waals surface area (Å²) in [5, 5.41) is 11.0. The number of aldehydes is 1. The maximum absolute atomic E-state index is 13.2. The number of nitrogens with zero attached hydrogens (tertiary/aromatic N) is 1. The second-order valence-electron chi connectivity index (χ2n) is 12.9. The molecule has 6 rings (SSSR count). The number of hydrogen-bond acceptors (Lipinski definition) is 7. The lowest BCUT2D eigenvalue weighted by molar-refractivity contribution is -0.108. The zero-order valence-electron chi connectivity index (χ0n) is 26.6. The van der Waals surface area contributed by atoms with Crippen molar-refractivity contribution >= 4 is 61.6 Å². The number of aryl methyl sites for hydroxylation is 1. The van der Waals surface area contributed by atoms with Crippen LogP contribution in [0.4, 0.5) is 0 Å². The summed E-state index contributed by atoms with van der Waals surface area (Å²) >= 11 is 3.17. The van der Waals surface area contributed by atoms with Gasteiger partial charge in [0.25, 0.3) is 0 Å². The minimum atomic E-state index is -3.60. The van der Waals surface area contributed by atoms with Gasteiger partial charge in [-0.1, -0.05) is 72.8 Å². The minimum Gasteiger partial charge on any atom is -0.386 e. The molecular weight excluding hydrogens is 643 g/mol. The summed E-state index contributed by atoms with van der Waals surface area (Å²) in [6.07, 6.45) is 9.67. The van der Waals surface area contributed by atoms with Gasteiger partial charge in [-0.05, 0) is 109 Å². The Morgan fingerprint density at radius 1 is 0.957 bits per heavy atom. The number of hydrogen-bond donors (Lipinski definition) is 1. The van der Waals surface area contributed by atoms with E-state index in [1.54, 1.807) is 36.4 Å². The molecule has 1 N–H and O–H groups in total. The van der Waals surface area contributed by atoms with Crippen LogP contribution in [0.3, 0.4) is 0 Å². The predicted octanol–water partition coefficient (Wildman–Crippen LogP) is 9.30. The maximum atomic E-state index is 13.2. The van der Waals surface area contributed by atoms with Crippen LogP contribution in [-0.4, -0.2) is 30.5 Å². The van der Waals surface area contributed by atoms with Gasteiger partial charge in [0, 0.05) is 11.7 Å². The van der Waals surface area contributed by atoms with Crippen LogP contribution in [0.1, 0.15) is 72.7 Å². The largest absolute Gasteiger partial charge is 0.386 e. The van der Waals surface area contributed by atoms with Gasteiger partial charge < -0.3 is 9.90 Å². The van der Waals surface area contributed by atoms with E-state index in [0.29, 0.717) is 11.9 Å². The lowest BCUT2D eigenvalue weighted by Crippen LogP contribution is -2.18. The van der Waals surface area contributed by atoms with Gasteiger partial charge >= 0.3 is 0 Å². The Hall–Kier alpha value is -3.56. The molecule has 1 saturated carbocycles. The van der Waals surface area contributed by atoms with E-state index in [1.807, 2.05) is 68.1 Å². The monoisotopic (exact) mass is 681 g/mol. The maximum Gasteiger partial charge on any atom is 0.216 e. The standard InChI is InChI=1S/C39H39NO4S3/c1-38(2,42)33-14-7-6-10-29(33)16-19-35(45-27-39(21-22-39)23-24-41)30-11-8-9-28(25-30)15-17-31-18-20-36-34(40-31)26-37(46-36)47(43,44)32-12-4-3-5-13-32/h3-15,17-18,20,24-26,35,42H,16,19,21-23,27H2,1-2H3. The van der Waals surface area contributed by atoms with Crippen molar-refractivity contribution in [3.63, 3.8) is 0 Å². The highest BCUT2D eigenvalue weighted by molar-refractivity contribution is 7.99. The average Bonchev–Trinajstić information content (AvgIpc) is 3.69. The fourth-order valence-corrected chi connectivity index (χ4v) is 10.2. The molecule has 0 amide bonds. The highest BCUT2D eigenvalue weighted by Crippen LogP contribution is 2.53. The van der Waals surface area contributed by atoms with Gasteiger partial charge in [0.2, 0.25) is 9.84 Å². The van der Waals surface area contributed by atoms with E-state index in [0.717, 1.165) is 64.8 Å². The van der Waals surface area contributed by atoms with Crippen molar-refractivity contribution in [3.05, 3.63) is 125 Å². The third kappa shape index (κ3) is 7.95. The lowest BCUT2D eigenvalue weighted by atomic mass is 9.90. The number of pyridine rings is 1. The number of carbonyl (C=O) groups excluding carboxylic acids is 1. The molecule has 242 valence electrons. The zero-order valence-corrected chi connectivity index (χ0v) is 29.1. The van der Waals surface area contributed by atoms with Crippen LogP contribution >= 0.6 is 23.1 Å². The summed E-state index contributed by atoms with van der Waals surface area (Å²) < 4.78 is 27.4. The van der Waals surface area contributed by atoms with Crippen molar-refractivity contribution in [2.75, 3.05) is 5.75 Å². The number of thioether (sulfide) groups is 1. The Bertz CT molecular complexity index is 2010. The number of benzene rings is 3. The van der Waals surface area contributed by atoms with E-state index in [-0.39, 0.29) is 19.8 Å². The van der Waals surface area contributed by atoms with Crippen LogP contribution in [0.2, 0.25) is 0 Å². The number of carbonyl (C=O) groups is 1.